The number of benzene rings is 1. The summed E-state index contributed by atoms with van der Waals surface area (Å²) in [6.07, 6.45) is 5.42. The molecule has 3 aliphatic rings. The Hall–Kier alpha value is -2.17. The molecule has 23 heavy (non-hydrogen) atoms. The molecule has 0 radical (unpaired) electrons. The van der Waals surface area contributed by atoms with E-state index < -0.39 is 0 Å². The van der Waals surface area contributed by atoms with Gasteiger partial charge in [-0.15, -0.1) is 10.2 Å². The van der Waals surface area contributed by atoms with Crippen molar-refractivity contribution in [3.63, 3.8) is 0 Å². The third kappa shape index (κ3) is 2.10. The summed E-state index contributed by atoms with van der Waals surface area (Å²) < 4.78 is 5.59. The van der Waals surface area contributed by atoms with Crippen LogP contribution in [0.5, 0.6) is 0 Å². The van der Waals surface area contributed by atoms with E-state index in [1.54, 1.807) is 0 Å². The lowest BCUT2D eigenvalue weighted by Crippen LogP contribution is -2.27. The van der Waals surface area contributed by atoms with Gasteiger partial charge in [0.25, 0.3) is 0 Å². The fourth-order valence-electron chi connectivity index (χ4n) is 4.06. The summed E-state index contributed by atoms with van der Waals surface area (Å²) in [6.45, 7) is 0.340. The molecule has 2 aromatic rings. The Bertz CT molecular complexity index is 780. The van der Waals surface area contributed by atoms with E-state index in [9.17, 15) is 4.79 Å². The number of aryl methyl sites for hydroxylation is 1. The number of fused-ring (bicyclic) bond motifs is 2. The Morgan fingerprint density at radius 2 is 2.17 bits per heavy atom. The van der Waals surface area contributed by atoms with Crippen molar-refractivity contribution in [3.05, 3.63) is 47.2 Å². The van der Waals surface area contributed by atoms with Crippen LogP contribution in [0.15, 0.2) is 28.7 Å². The van der Waals surface area contributed by atoms with Crippen LogP contribution < -0.4 is 5.32 Å². The van der Waals surface area contributed by atoms with Gasteiger partial charge in [-0.1, -0.05) is 24.3 Å². The topological polar surface area (TPSA) is 68.0 Å². The maximum Gasteiger partial charge on any atom is 0.235 e. The van der Waals surface area contributed by atoms with Gasteiger partial charge in [0, 0.05) is 17.3 Å². The molecule has 2 fully saturated rings. The second-order valence-corrected chi connectivity index (χ2v) is 7.10. The fraction of sp³-hybridized carbons (Fsp3) is 0.500. The number of carbonyl (C=O) groups excluding carboxylic acids is 1. The van der Waals surface area contributed by atoms with Crippen LogP contribution in [-0.4, -0.2) is 16.1 Å². The summed E-state index contributed by atoms with van der Waals surface area (Å²) >= 11 is 0. The van der Waals surface area contributed by atoms with Gasteiger partial charge in [-0.3, -0.25) is 4.79 Å². The van der Waals surface area contributed by atoms with Crippen LogP contribution in [0.25, 0.3) is 0 Å². The fourth-order valence-corrected chi connectivity index (χ4v) is 4.06. The lowest BCUT2D eigenvalue weighted by atomic mass is 9.95. The maximum atomic E-state index is 12.5. The summed E-state index contributed by atoms with van der Waals surface area (Å²) in [5, 5.41) is 11.1. The summed E-state index contributed by atoms with van der Waals surface area (Å²) in [6, 6.07) is 8.55. The van der Waals surface area contributed by atoms with E-state index in [4.69, 9.17) is 4.42 Å². The average molecular weight is 309 g/mol. The number of nitrogens with one attached hydrogen (secondary N) is 1. The first-order valence-electron chi connectivity index (χ1n) is 8.45. The first kappa shape index (κ1) is 13.3. The smallest absolute Gasteiger partial charge is 0.235 e. The molecule has 1 aromatic carbocycles. The van der Waals surface area contributed by atoms with Crippen molar-refractivity contribution in [2.75, 3.05) is 0 Å². The summed E-state index contributed by atoms with van der Waals surface area (Å²) in [5.41, 5.74) is 2.89. The molecule has 0 saturated heterocycles. The number of hydrogen-bond donors (Lipinski definition) is 1. The number of rotatable bonds is 4. The Morgan fingerprint density at radius 1 is 1.30 bits per heavy atom. The highest BCUT2D eigenvalue weighted by molar-refractivity contribution is 5.84. The minimum absolute atomic E-state index is 0.0920. The molecule has 1 aromatic heterocycles. The highest BCUT2D eigenvalue weighted by Crippen LogP contribution is 2.61. The molecule has 2 saturated carbocycles. The number of carbonyl (C=O) groups is 1. The maximum absolute atomic E-state index is 12.5. The largest absolute Gasteiger partial charge is 0.423 e. The molecule has 5 rings (SSSR count). The number of amides is 1. The SMILES string of the molecule is O=C(NCc1nnc(C2CC2)o1)[C@@H]1C[C@@]12CCc1ccccc12. The van der Waals surface area contributed by atoms with Crippen LogP contribution in [0.1, 0.15) is 54.5 Å². The van der Waals surface area contributed by atoms with Gasteiger partial charge in [0.2, 0.25) is 17.7 Å². The van der Waals surface area contributed by atoms with E-state index in [1.807, 2.05) is 0 Å². The molecule has 1 heterocycles. The molecule has 1 N–H and O–H groups in total. The van der Waals surface area contributed by atoms with E-state index in [1.165, 1.54) is 11.1 Å². The molecular weight excluding hydrogens is 290 g/mol. The highest BCUT2D eigenvalue weighted by atomic mass is 16.4. The molecule has 118 valence electrons. The van der Waals surface area contributed by atoms with E-state index in [-0.39, 0.29) is 17.2 Å². The first-order valence-corrected chi connectivity index (χ1v) is 8.45. The highest BCUT2D eigenvalue weighted by Gasteiger charge is 2.61. The van der Waals surface area contributed by atoms with Crippen molar-refractivity contribution >= 4 is 5.91 Å². The average Bonchev–Trinajstić information content (AvgIpc) is 3.46. The van der Waals surface area contributed by atoms with Gasteiger partial charge in [0.15, 0.2) is 0 Å². The number of aromatic nitrogens is 2. The lowest BCUT2D eigenvalue weighted by molar-refractivity contribution is -0.123. The van der Waals surface area contributed by atoms with Gasteiger partial charge in [-0.25, -0.2) is 0 Å². The van der Waals surface area contributed by atoms with E-state index >= 15 is 0 Å². The summed E-state index contributed by atoms with van der Waals surface area (Å²) in [5.74, 6) is 1.90. The van der Waals surface area contributed by atoms with Crippen LogP contribution in [0.4, 0.5) is 0 Å². The molecule has 0 aliphatic heterocycles. The van der Waals surface area contributed by atoms with Gasteiger partial charge < -0.3 is 9.73 Å². The Balaban J connectivity index is 1.24. The zero-order valence-electron chi connectivity index (χ0n) is 12.9. The van der Waals surface area contributed by atoms with E-state index in [2.05, 4.69) is 39.8 Å². The molecular formula is C18H19N3O2. The van der Waals surface area contributed by atoms with Crippen molar-refractivity contribution in [2.24, 2.45) is 5.92 Å². The second kappa shape index (κ2) is 4.66. The second-order valence-electron chi connectivity index (χ2n) is 7.10. The molecule has 3 aliphatic carbocycles. The molecule has 1 spiro atoms. The van der Waals surface area contributed by atoms with Gasteiger partial charge in [0.1, 0.15) is 0 Å². The molecule has 5 heteroatoms. The first-order chi connectivity index (χ1) is 11.3. The lowest BCUT2D eigenvalue weighted by Gasteiger charge is -2.11. The van der Waals surface area contributed by atoms with Gasteiger partial charge in [0.05, 0.1) is 6.54 Å². The van der Waals surface area contributed by atoms with Crippen LogP contribution in [0.2, 0.25) is 0 Å². The van der Waals surface area contributed by atoms with Gasteiger partial charge in [-0.05, 0) is 43.2 Å². The summed E-state index contributed by atoms with van der Waals surface area (Å²) in [7, 11) is 0. The van der Waals surface area contributed by atoms with Crippen molar-refractivity contribution in [1.29, 1.82) is 0 Å². The molecule has 2 atom stereocenters. The molecule has 0 bridgehead atoms. The standard InChI is InChI=1S/C18H19N3O2/c22-16(19-10-15-20-21-17(23-15)12-5-6-12)14-9-18(14)8-7-11-3-1-2-4-13(11)18/h1-4,12,14H,5-10H2,(H,19,22)/t14-,18+/m0/s1. The predicted octanol–water partition coefficient (Wildman–Crippen LogP) is 2.47. The van der Waals surface area contributed by atoms with Crippen molar-refractivity contribution < 1.29 is 9.21 Å². The van der Waals surface area contributed by atoms with Gasteiger partial charge >= 0.3 is 0 Å². The normalized spacial score (nSPS) is 27.9. The van der Waals surface area contributed by atoms with E-state index in [0.29, 0.717) is 18.4 Å². The van der Waals surface area contributed by atoms with Crippen LogP contribution in [-0.2, 0) is 23.2 Å². The van der Waals surface area contributed by atoms with Crippen molar-refractivity contribution in [1.82, 2.24) is 15.5 Å². The molecule has 1 amide bonds. The quantitative estimate of drug-likeness (QED) is 0.942. The zero-order chi connectivity index (χ0) is 15.4. The Kier molecular flexibility index (Phi) is 2.69. The predicted molar refractivity (Wildman–Crippen MR) is 82.7 cm³/mol. The third-order valence-electron chi connectivity index (χ3n) is 5.61. The van der Waals surface area contributed by atoms with E-state index in [0.717, 1.165) is 38.0 Å². The van der Waals surface area contributed by atoms with Crippen LogP contribution in [0.3, 0.4) is 0 Å². The van der Waals surface area contributed by atoms with Crippen molar-refractivity contribution in [3.8, 4) is 0 Å². The third-order valence-corrected chi connectivity index (χ3v) is 5.61. The molecule has 0 unspecified atom stereocenters. The minimum atomic E-state index is 0.0920. The van der Waals surface area contributed by atoms with Crippen molar-refractivity contribution in [2.45, 2.75) is 50.0 Å². The zero-order valence-corrected chi connectivity index (χ0v) is 12.9. The number of hydrogen-bond acceptors (Lipinski definition) is 4. The summed E-state index contributed by atoms with van der Waals surface area (Å²) in [4.78, 5) is 12.5. The van der Waals surface area contributed by atoms with Gasteiger partial charge in [-0.2, -0.15) is 0 Å². The minimum Gasteiger partial charge on any atom is -0.423 e. The Labute approximate surface area is 134 Å². The monoisotopic (exact) mass is 309 g/mol. The van der Waals surface area contributed by atoms with Crippen LogP contribution >= 0.6 is 0 Å². The Morgan fingerprint density at radius 3 is 3.04 bits per heavy atom. The van der Waals surface area contributed by atoms with Crippen LogP contribution in [0, 0.1) is 5.92 Å². The number of nitrogens with zero attached hydrogens (tertiary/aromatic N) is 2. The molecule has 5 nitrogen and oxygen atoms in total.